The summed E-state index contributed by atoms with van der Waals surface area (Å²) in [5.41, 5.74) is 0.790. The van der Waals surface area contributed by atoms with Gasteiger partial charge in [0.25, 0.3) is 5.69 Å². The summed E-state index contributed by atoms with van der Waals surface area (Å²) in [5.74, 6) is 0.420. The maximum absolute atomic E-state index is 10.5. The molecule has 1 aliphatic rings. The first kappa shape index (κ1) is 12.6. The van der Waals surface area contributed by atoms with E-state index in [1.165, 1.54) is 18.2 Å². The van der Waals surface area contributed by atoms with Crippen LogP contribution >= 0.6 is 11.6 Å². The number of allylic oxidation sites excluding steroid dienone is 1. The minimum atomic E-state index is -0.496. The van der Waals surface area contributed by atoms with Crippen molar-refractivity contribution in [2.45, 2.75) is 12.8 Å². The molecule has 0 atom stereocenters. The van der Waals surface area contributed by atoms with Crippen LogP contribution in [-0.2, 0) is 0 Å². The van der Waals surface area contributed by atoms with Crippen LogP contribution in [0.15, 0.2) is 35.0 Å². The molecule has 0 radical (unpaired) electrons. The molecule has 5 nitrogen and oxygen atoms in total. The molecule has 0 saturated carbocycles. The molecule has 18 heavy (non-hydrogen) atoms. The zero-order chi connectivity index (χ0) is 13.0. The zero-order valence-electron chi connectivity index (χ0n) is 9.51. The Morgan fingerprint density at radius 2 is 2.28 bits per heavy atom. The summed E-state index contributed by atoms with van der Waals surface area (Å²) in [6.07, 6.45) is 5.74. The maximum Gasteiger partial charge on any atom is 0.271 e. The van der Waals surface area contributed by atoms with Crippen molar-refractivity contribution in [1.82, 2.24) is 0 Å². The molecule has 1 aliphatic heterocycles. The molecule has 0 N–H and O–H groups in total. The van der Waals surface area contributed by atoms with E-state index in [2.05, 4.69) is 4.99 Å². The minimum absolute atomic E-state index is 0.0535. The first-order valence-corrected chi connectivity index (χ1v) is 5.83. The van der Waals surface area contributed by atoms with Gasteiger partial charge in [-0.15, -0.1) is 0 Å². The van der Waals surface area contributed by atoms with Gasteiger partial charge in [-0.2, -0.15) is 0 Å². The molecule has 6 heteroatoms. The molecule has 0 aromatic heterocycles. The number of benzene rings is 1. The number of hydrogen-bond donors (Lipinski definition) is 0. The average Bonchev–Trinajstić information content (AvgIpc) is 2.38. The number of non-ortho nitro benzene ring substituents is 1. The summed E-state index contributed by atoms with van der Waals surface area (Å²) in [4.78, 5) is 14.2. The van der Waals surface area contributed by atoms with Gasteiger partial charge in [0.2, 0.25) is 0 Å². The first-order chi connectivity index (χ1) is 8.66. The SMILES string of the molecule is O=[N+]([O-])c1ccc(OCC2=CCCC=N2)c(Cl)c1. The van der Waals surface area contributed by atoms with Crippen LogP contribution in [0.3, 0.4) is 0 Å². The second-order valence-electron chi connectivity index (χ2n) is 3.74. The van der Waals surface area contributed by atoms with E-state index in [4.69, 9.17) is 16.3 Å². The Kier molecular flexibility index (Phi) is 3.94. The van der Waals surface area contributed by atoms with Crippen LogP contribution in [0.5, 0.6) is 5.75 Å². The predicted molar refractivity (Wildman–Crippen MR) is 69.4 cm³/mol. The molecule has 0 saturated heterocycles. The van der Waals surface area contributed by atoms with Gasteiger partial charge in [0, 0.05) is 18.3 Å². The molecule has 0 amide bonds. The van der Waals surface area contributed by atoms with Gasteiger partial charge in [-0.1, -0.05) is 17.7 Å². The number of nitrogens with zero attached hydrogens (tertiary/aromatic N) is 2. The number of nitro groups is 1. The van der Waals surface area contributed by atoms with Crippen LogP contribution in [0.2, 0.25) is 5.02 Å². The van der Waals surface area contributed by atoms with E-state index in [0.717, 1.165) is 18.5 Å². The minimum Gasteiger partial charge on any atom is -0.486 e. The summed E-state index contributed by atoms with van der Waals surface area (Å²) in [5, 5.41) is 10.8. The van der Waals surface area contributed by atoms with Crippen LogP contribution in [-0.4, -0.2) is 17.7 Å². The molecule has 1 aromatic carbocycles. The Balaban J connectivity index is 2.03. The van der Waals surface area contributed by atoms with E-state index in [0.29, 0.717) is 12.4 Å². The van der Waals surface area contributed by atoms with Gasteiger partial charge in [-0.05, 0) is 18.9 Å². The van der Waals surface area contributed by atoms with Gasteiger partial charge in [-0.25, -0.2) is 0 Å². The van der Waals surface area contributed by atoms with Crippen LogP contribution in [0.4, 0.5) is 5.69 Å². The summed E-state index contributed by atoms with van der Waals surface area (Å²) in [6.45, 7) is 0.314. The first-order valence-electron chi connectivity index (χ1n) is 5.45. The highest BCUT2D eigenvalue weighted by molar-refractivity contribution is 6.32. The molecule has 94 valence electrons. The molecule has 1 heterocycles. The second-order valence-corrected chi connectivity index (χ2v) is 4.15. The molecule has 0 fully saturated rings. The predicted octanol–water partition coefficient (Wildman–Crippen LogP) is 3.38. The van der Waals surface area contributed by atoms with Gasteiger partial charge < -0.3 is 4.74 Å². The van der Waals surface area contributed by atoms with Gasteiger partial charge in [0.1, 0.15) is 12.4 Å². The maximum atomic E-state index is 10.5. The van der Waals surface area contributed by atoms with Crippen molar-refractivity contribution in [2.75, 3.05) is 6.61 Å². The van der Waals surface area contributed by atoms with Crippen molar-refractivity contribution in [3.05, 3.63) is 45.1 Å². The number of ether oxygens (including phenoxy) is 1. The van der Waals surface area contributed by atoms with Gasteiger partial charge in [0.15, 0.2) is 0 Å². The summed E-state index contributed by atoms with van der Waals surface area (Å²) in [7, 11) is 0. The van der Waals surface area contributed by atoms with Crippen LogP contribution < -0.4 is 4.74 Å². The van der Waals surface area contributed by atoms with E-state index in [9.17, 15) is 10.1 Å². The number of rotatable bonds is 4. The lowest BCUT2D eigenvalue weighted by molar-refractivity contribution is -0.384. The lowest BCUT2D eigenvalue weighted by atomic mass is 10.2. The smallest absolute Gasteiger partial charge is 0.271 e. The summed E-state index contributed by atoms with van der Waals surface area (Å²) >= 11 is 5.90. The van der Waals surface area contributed by atoms with Crippen molar-refractivity contribution >= 4 is 23.5 Å². The van der Waals surface area contributed by atoms with Gasteiger partial charge in [-0.3, -0.25) is 15.1 Å². The van der Waals surface area contributed by atoms with Crippen molar-refractivity contribution in [1.29, 1.82) is 0 Å². The van der Waals surface area contributed by atoms with Crippen LogP contribution in [0.1, 0.15) is 12.8 Å². The van der Waals surface area contributed by atoms with Crippen molar-refractivity contribution < 1.29 is 9.66 Å². The molecule has 0 bridgehead atoms. The Morgan fingerprint density at radius 3 is 2.89 bits per heavy atom. The lowest BCUT2D eigenvalue weighted by Crippen LogP contribution is -2.02. The van der Waals surface area contributed by atoms with E-state index < -0.39 is 4.92 Å². The third kappa shape index (κ3) is 3.07. The zero-order valence-corrected chi connectivity index (χ0v) is 10.3. The highest BCUT2D eigenvalue weighted by Crippen LogP contribution is 2.29. The number of nitro benzene ring substituents is 1. The Bertz CT molecular complexity index is 526. The van der Waals surface area contributed by atoms with E-state index in [1.807, 2.05) is 12.3 Å². The quantitative estimate of drug-likeness (QED) is 0.620. The topological polar surface area (TPSA) is 64.7 Å². The normalized spacial score (nSPS) is 14.2. The van der Waals surface area contributed by atoms with Crippen molar-refractivity contribution in [3.8, 4) is 5.75 Å². The second kappa shape index (κ2) is 5.64. The molecule has 0 unspecified atom stereocenters. The highest BCUT2D eigenvalue weighted by atomic mass is 35.5. The summed E-state index contributed by atoms with van der Waals surface area (Å²) < 4.78 is 5.47. The fourth-order valence-corrected chi connectivity index (χ4v) is 1.76. The molecule has 1 aromatic rings. The third-order valence-electron chi connectivity index (χ3n) is 2.43. The number of hydrogen-bond acceptors (Lipinski definition) is 4. The van der Waals surface area contributed by atoms with Crippen LogP contribution in [0, 0.1) is 10.1 Å². The third-order valence-corrected chi connectivity index (χ3v) is 2.73. The van der Waals surface area contributed by atoms with E-state index in [1.54, 1.807) is 0 Å². The average molecular weight is 267 g/mol. The lowest BCUT2D eigenvalue weighted by Gasteiger charge is -2.09. The fourth-order valence-electron chi connectivity index (χ4n) is 1.53. The monoisotopic (exact) mass is 266 g/mol. The van der Waals surface area contributed by atoms with Gasteiger partial charge >= 0.3 is 0 Å². The Hall–Kier alpha value is -1.88. The number of halogens is 1. The molecular formula is C12H11ClN2O3. The largest absolute Gasteiger partial charge is 0.486 e. The Labute approximate surface area is 109 Å². The van der Waals surface area contributed by atoms with Crippen LogP contribution in [0.25, 0.3) is 0 Å². The Morgan fingerprint density at radius 1 is 1.44 bits per heavy atom. The van der Waals surface area contributed by atoms with Crippen molar-refractivity contribution in [2.24, 2.45) is 4.99 Å². The molecule has 0 spiro atoms. The highest BCUT2D eigenvalue weighted by Gasteiger charge is 2.10. The number of aliphatic imine (C=N–C) groups is 1. The molecular weight excluding hydrogens is 256 g/mol. The standard InChI is InChI=1S/C12H11ClN2O3/c13-11-7-10(15(16)17)4-5-12(11)18-8-9-3-1-2-6-14-9/h3-7H,1-2,8H2. The summed E-state index contributed by atoms with van der Waals surface area (Å²) in [6, 6.07) is 4.13. The molecule has 0 aliphatic carbocycles. The molecule has 2 rings (SSSR count). The van der Waals surface area contributed by atoms with Crippen molar-refractivity contribution in [3.63, 3.8) is 0 Å². The fraction of sp³-hybridized carbons (Fsp3) is 0.250. The van der Waals surface area contributed by atoms with E-state index >= 15 is 0 Å². The van der Waals surface area contributed by atoms with Gasteiger partial charge in [0.05, 0.1) is 15.6 Å². The van der Waals surface area contributed by atoms with E-state index in [-0.39, 0.29) is 10.7 Å².